The van der Waals surface area contributed by atoms with E-state index in [0.29, 0.717) is 0 Å². The average molecular weight is 176 g/mol. The summed E-state index contributed by atoms with van der Waals surface area (Å²) in [6.45, 7) is 0. The Labute approximate surface area is 65.7 Å². The maximum atomic E-state index is 10.2. The van der Waals surface area contributed by atoms with Crippen LogP contribution in [-0.2, 0) is 0 Å². The summed E-state index contributed by atoms with van der Waals surface area (Å²) in [6, 6.07) is 0. The van der Waals surface area contributed by atoms with Crippen LogP contribution in [0.2, 0.25) is 0 Å². The molecular formula is C4H2NO3S2. The van der Waals surface area contributed by atoms with Gasteiger partial charge in [0.25, 0.3) is 0 Å². The van der Waals surface area contributed by atoms with Crippen molar-refractivity contribution < 1.29 is 15.0 Å². The predicted octanol–water partition coefficient (Wildman–Crippen LogP) is 1.10. The molecule has 0 fully saturated rings. The molecule has 1 aromatic rings. The summed E-state index contributed by atoms with van der Waals surface area (Å²) in [4.78, 5) is 10.2. The van der Waals surface area contributed by atoms with Crippen LogP contribution in [0.5, 0.6) is 5.88 Å². The molecule has 1 heterocycles. The monoisotopic (exact) mass is 176 g/mol. The van der Waals surface area contributed by atoms with Gasteiger partial charge in [0.05, 0.1) is 0 Å². The van der Waals surface area contributed by atoms with Gasteiger partial charge in [-0.2, -0.15) is 4.37 Å². The Hall–Kier alpha value is -0.880. The summed E-state index contributed by atoms with van der Waals surface area (Å²) < 4.78 is 3.45. The molecule has 0 aliphatic carbocycles. The van der Waals surface area contributed by atoms with Gasteiger partial charge in [-0.15, -0.1) is 0 Å². The van der Waals surface area contributed by atoms with Gasteiger partial charge in [-0.05, 0) is 11.5 Å². The molecule has 1 rings (SSSR count). The molecule has 0 aliphatic rings. The van der Waals surface area contributed by atoms with Gasteiger partial charge >= 0.3 is 5.97 Å². The first-order valence-electron chi connectivity index (χ1n) is 2.22. The van der Waals surface area contributed by atoms with Crippen molar-refractivity contribution in [2.24, 2.45) is 0 Å². The van der Waals surface area contributed by atoms with Crippen molar-refractivity contribution in [3.05, 3.63) is 5.56 Å². The lowest BCUT2D eigenvalue weighted by Crippen LogP contribution is -1.94. The highest BCUT2D eigenvalue weighted by Crippen LogP contribution is 2.26. The minimum Gasteiger partial charge on any atom is -0.492 e. The number of carbonyl (C=O) groups is 1. The van der Waals surface area contributed by atoms with Crippen LogP contribution in [0.15, 0.2) is 4.21 Å². The van der Waals surface area contributed by atoms with Crippen LogP contribution in [0.4, 0.5) is 0 Å². The molecule has 0 aliphatic heterocycles. The zero-order valence-electron chi connectivity index (χ0n) is 4.57. The van der Waals surface area contributed by atoms with Crippen molar-refractivity contribution in [3.63, 3.8) is 0 Å². The van der Waals surface area contributed by atoms with Gasteiger partial charge in [-0.1, -0.05) is 12.6 Å². The highest BCUT2D eigenvalue weighted by Gasteiger charge is 2.17. The zero-order chi connectivity index (χ0) is 7.72. The standard InChI is InChI=1S/C4H2NO3S2/c6-2-1(3(7)8)4(9)10-5-2/h(H,5,6)(H,7,8). The highest BCUT2D eigenvalue weighted by atomic mass is 32.2. The van der Waals surface area contributed by atoms with Crippen molar-refractivity contribution >= 4 is 30.1 Å². The highest BCUT2D eigenvalue weighted by molar-refractivity contribution is 7.82. The minimum absolute atomic E-state index is 0.102. The van der Waals surface area contributed by atoms with E-state index < -0.39 is 11.8 Å². The molecule has 2 N–H and O–H groups in total. The van der Waals surface area contributed by atoms with Gasteiger partial charge in [0.1, 0.15) is 4.21 Å². The summed E-state index contributed by atoms with van der Waals surface area (Å²) >= 11 is 5.36. The molecule has 0 amide bonds. The fraction of sp³-hybridized carbons (Fsp3) is 0. The maximum Gasteiger partial charge on any atom is 0.343 e. The minimum atomic E-state index is -1.24. The number of aromatic hydroxyl groups is 1. The van der Waals surface area contributed by atoms with E-state index in [1.807, 2.05) is 0 Å². The third kappa shape index (κ3) is 1.03. The fourth-order valence-corrected chi connectivity index (χ4v) is 1.27. The van der Waals surface area contributed by atoms with Gasteiger partial charge in [-0.3, -0.25) is 0 Å². The smallest absolute Gasteiger partial charge is 0.343 e. The van der Waals surface area contributed by atoms with Crippen LogP contribution in [0.25, 0.3) is 0 Å². The molecule has 0 spiro atoms. The van der Waals surface area contributed by atoms with Crippen molar-refractivity contribution in [3.8, 4) is 5.88 Å². The molecule has 6 heteroatoms. The molecule has 1 radical (unpaired) electrons. The topological polar surface area (TPSA) is 70.4 Å². The Morgan fingerprint density at radius 3 is 2.50 bits per heavy atom. The van der Waals surface area contributed by atoms with E-state index >= 15 is 0 Å². The predicted molar refractivity (Wildman–Crippen MR) is 36.6 cm³/mol. The van der Waals surface area contributed by atoms with Gasteiger partial charge < -0.3 is 10.2 Å². The van der Waals surface area contributed by atoms with Crippen LogP contribution in [0.1, 0.15) is 10.4 Å². The lowest BCUT2D eigenvalue weighted by molar-refractivity contribution is 0.0690. The largest absolute Gasteiger partial charge is 0.492 e. The summed E-state index contributed by atoms with van der Waals surface area (Å²) in [5.74, 6) is -1.74. The van der Waals surface area contributed by atoms with E-state index in [-0.39, 0.29) is 9.77 Å². The number of rotatable bonds is 1. The first-order chi connectivity index (χ1) is 4.63. The Kier molecular flexibility index (Phi) is 1.73. The van der Waals surface area contributed by atoms with E-state index in [1.54, 1.807) is 0 Å². The second-order valence-electron chi connectivity index (χ2n) is 1.47. The van der Waals surface area contributed by atoms with Crippen molar-refractivity contribution in [2.75, 3.05) is 0 Å². The SMILES string of the molecule is O=C(O)c1c(O)nsc1[S]. The Bertz CT molecular complexity index is 250. The average Bonchev–Trinajstić information content (AvgIpc) is 2.11. The molecule has 0 unspecified atom stereocenters. The van der Waals surface area contributed by atoms with E-state index in [2.05, 4.69) is 17.0 Å². The fourth-order valence-electron chi connectivity index (χ4n) is 0.450. The molecule has 0 aromatic carbocycles. The van der Waals surface area contributed by atoms with E-state index in [0.717, 1.165) is 11.5 Å². The van der Waals surface area contributed by atoms with Gasteiger partial charge in [0, 0.05) is 0 Å². The number of aromatic carboxylic acids is 1. The van der Waals surface area contributed by atoms with Crippen molar-refractivity contribution in [1.29, 1.82) is 0 Å². The summed E-state index contributed by atoms with van der Waals surface area (Å²) in [7, 11) is 0. The molecule has 0 atom stereocenters. The van der Waals surface area contributed by atoms with Gasteiger partial charge in [0.15, 0.2) is 5.56 Å². The van der Waals surface area contributed by atoms with Crippen LogP contribution in [-0.4, -0.2) is 20.6 Å². The lowest BCUT2D eigenvalue weighted by Gasteiger charge is -1.86. The van der Waals surface area contributed by atoms with E-state index in [4.69, 9.17) is 10.2 Å². The van der Waals surface area contributed by atoms with E-state index in [9.17, 15) is 4.79 Å². The number of hydrogen-bond donors (Lipinski definition) is 2. The van der Waals surface area contributed by atoms with Gasteiger partial charge in [0.2, 0.25) is 5.88 Å². The Morgan fingerprint density at radius 1 is 1.70 bits per heavy atom. The van der Waals surface area contributed by atoms with Crippen LogP contribution in [0, 0.1) is 0 Å². The second-order valence-corrected chi connectivity index (χ2v) is 2.91. The molecule has 4 nitrogen and oxygen atoms in total. The number of hydrogen-bond acceptors (Lipinski definition) is 4. The van der Waals surface area contributed by atoms with Gasteiger partial charge in [-0.25, -0.2) is 4.79 Å². The van der Waals surface area contributed by atoms with Crippen molar-refractivity contribution in [2.45, 2.75) is 4.21 Å². The molecule has 0 saturated carbocycles. The number of aromatic nitrogens is 1. The third-order valence-electron chi connectivity index (χ3n) is 0.857. The van der Waals surface area contributed by atoms with Crippen molar-refractivity contribution in [1.82, 2.24) is 4.37 Å². The number of nitrogens with zero attached hydrogens (tertiary/aromatic N) is 1. The third-order valence-corrected chi connectivity index (χ3v) is 1.92. The summed E-state index contributed by atoms with van der Waals surface area (Å²) in [5.41, 5.74) is -0.278. The Balaban J connectivity index is 3.23. The number of carboxylic acid groups (broad SMARTS) is 1. The first kappa shape index (κ1) is 7.23. The molecule has 10 heavy (non-hydrogen) atoms. The first-order valence-corrected chi connectivity index (χ1v) is 3.40. The quantitative estimate of drug-likeness (QED) is 0.672. The second kappa shape index (κ2) is 2.39. The van der Waals surface area contributed by atoms with E-state index in [1.165, 1.54) is 0 Å². The molecular weight excluding hydrogens is 174 g/mol. The zero-order valence-corrected chi connectivity index (χ0v) is 6.20. The molecule has 0 bridgehead atoms. The summed E-state index contributed by atoms with van der Waals surface area (Å²) in [6.07, 6.45) is 0. The molecule has 53 valence electrons. The summed E-state index contributed by atoms with van der Waals surface area (Å²) in [5, 5.41) is 17.1. The number of carboxylic acids is 1. The van der Waals surface area contributed by atoms with Crippen LogP contribution in [0.3, 0.4) is 0 Å². The maximum absolute atomic E-state index is 10.2. The lowest BCUT2D eigenvalue weighted by atomic mass is 10.4. The Morgan fingerprint density at radius 2 is 2.30 bits per heavy atom. The molecule has 1 aromatic heterocycles. The normalized spacial score (nSPS) is 9.60. The van der Waals surface area contributed by atoms with Crippen LogP contribution >= 0.6 is 24.2 Å². The molecule has 0 saturated heterocycles. The van der Waals surface area contributed by atoms with Crippen LogP contribution < -0.4 is 0 Å².